The summed E-state index contributed by atoms with van der Waals surface area (Å²) in [6.45, 7) is 4.00. The number of rotatable bonds is 5. The topological polar surface area (TPSA) is 73.2 Å². The van der Waals surface area contributed by atoms with Gasteiger partial charge in [0, 0.05) is 19.7 Å². The number of hydrogen-bond donors (Lipinski definition) is 1. The molecular formula is C16H21N3O2. The number of carbonyl (C=O) groups excluding carboxylic acids is 2. The predicted molar refractivity (Wildman–Crippen MR) is 80.6 cm³/mol. The molecule has 0 aliphatic rings. The van der Waals surface area contributed by atoms with Crippen LogP contribution in [-0.4, -0.2) is 36.9 Å². The van der Waals surface area contributed by atoms with Gasteiger partial charge in [-0.05, 0) is 30.5 Å². The molecule has 0 radical (unpaired) electrons. The van der Waals surface area contributed by atoms with E-state index in [1.165, 1.54) is 11.0 Å². The van der Waals surface area contributed by atoms with E-state index in [0.29, 0.717) is 17.5 Å². The molecule has 0 aliphatic heterocycles. The lowest BCUT2D eigenvalue weighted by atomic mass is 10.0. The zero-order chi connectivity index (χ0) is 16.0. The lowest BCUT2D eigenvalue weighted by Gasteiger charge is -2.23. The van der Waals surface area contributed by atoms with Gasteiger partial charge in [-0.25, -0.2) is 0 Å². The van der Waals surface area contributed by atoms with E-state index < -0.39 is 6.04 Å². The van der Waals surface area contributed by atoms with Gasteiger partial charge in [0.15, 0.2) is 0 Å². The Kier molecular flexibility index (Phi) is 5.92. The number of nitrogens with zero attached hydrogens (tertiary/aromatic N) is 2. The van der Waals surface area contributed by atoms with Crippen molar-refractivity contribution in [3.05, 3.63) is 35.4 Å². The first-order valence-electron chi connectivity index (χ1n) is 6.87. The second-order valence-electron chi connectivity index (χ2n) is 5.58. The molecule has 0 aliphatic carbocycles. The van der Waals surface area contributed by atoms with Crippen LogP contribution in [0.5, 0.6) is 0 Å². The molecule has 112 valence electrons. The van der Waals surface area contributed by atoms with E-state index in [-0.39, 0.29) is 17.7 Å². The van der Waals surface area contributed by atoms with Crippen LogP contribution >= 0.6 is 0 Å². The molecule has 1 aromatic carbocycles. The Labute approximate surface area is 125 Å². The van der Waals surface area contributed by atoms with Crippen molar-refractivity contribution in [3.8, 4) is 6.07 Å². The van der Waals surface area contributed by atoms with E-state index in [4.69, 9.17) is 5.26 Å². The van der Waals surface area contributed by atoms with Crippen LogP contribution in [0.1, 0.15) is 36.2 Å². The minimum atomic E-state index is -0.557. The first kappa shape index (κ1) is 16.7. The van der Waals surface area contributed by atoms with E-state index in [2.05, 4.69) is 5.32 Å². The molecule has 5 nitrogen and oxygen atoms in total. The van der Waals surface area contributed by atoms with Gasteiger partial charge in [0.25, 0.3) is 5.91 Å². The maximum Gasteiger partial charge on any atom is 0.251 e. The van der Waals surface area contributed by atoms with Crippen molar-refractivity contribution >= 4 is 11.8 Å². The maximum atomic E-state index is 12.2. The monoisotopic (exact) mass is 287 g/mol. The number of hydrogen-bond acceptors (Lipinski definition) is 3. The van der Waals surface area contributed by atoms with Gasteiger partial charge in [0.1, 0.15) is 6.04 Å². The fraction of sp³-hybridized carbons (Fsp3) is 0.438. The largest absolute Gasteiger partial charge is 0.347 e. The van der Waals surface area contributed by atoms with Crippen LogP contribution in [0.4, 0.5) is 0 Å². The van der Waals surface area contributed by atoms with Gasteiger partial charge in [0.2, 0.25) is 5.91 Å². The Morgan fingerprint density at radius 2 is 2.00 bits per heavy atom. The second kappa shape index (κ2) is 7.44. The lowest BCUT2D eigenvalue weighted by Crippen LogP contribution is -2.46. The van der Waals surface area contributed by atoms with Gasteiger partial charge in [-0.1, -0.05) is 19.9 Å². The van der Waals surface area contributed by atoms with E-state index in [9.17, 15) is 9.59 Å². The highest BCUT2D eigenvalue weighted by atomic mass is 16.2. The Hall–Kier alpha value is -2.35. The molecule has 0 saturated carbocycles. The fourth-order valence-corrected chi connectivity index (χ4v) is 1.98. The van der Waals surface area contributed by atoms with Crippen LogP contribution in [0, 0.1) is 17.2 Å². The summed E-state index contributed by atoms with van der Waals surface area (Å²) >= 11 is 0. The van der Waals surface area contributed by atoms with Crippen molar-refractivity contribution in [1.29, 1.82) is 5.26 Å². The van der Waals surface area contributed by atoms with Crippen molar-refractivity contribution < 1.29 is 9.59 Å². The average molecular weight is 287 g/mol. The molecule has 2 amide bonds. The first-order chi connectivity index (χ1) is 9.85. The first-order valence-corrected chi connectivity index (χ1v) is 6.87. The summed E-state index contributed by atoms with van der Waals surface area (Å²) < 4.78 is 0. The molecule has 1 rings (SSSR count). The highest BCUT2D eigenvalue weighted by Gasteiger charge is 2.23. The number of amides is 2. The van der Waals surface area contributed by atoms with Crippen molar-refractivity contribution in [2.75, 3.05) is 14.1 Å². The predicted octanol–water partition coefficient (Wildman–Crippen LogP) is 1.79. The smallest absolute Gasteiger partial charge is 0.251 e. The summed E-state index contributed by atoms with van der Waals surface area (Å²) in [5.41, 5.74) is 0.802. The molecule has 0 heterocycles. The van der Waals surface area contributed by atoms with E-state index in [1.54, 1.807) is 32.3 Å². The van der Waals surface area contributed by atoms with Crippen molar-refractivity contribution in [1.82, 2.24) is 10.2 Å². The Morgan fingerprint density at radius 3 is 2.52 bits per heavy atom. The van der Waals surface area contributed by atoms with E-state index >= 15 is 0 Å². The standard InChI is InChI=1S/C16H21N3O2/c1-11(2)8-14(16(21)19(3)4)18-15(20)13-7-5-6-12(9-13)10-17/h5-7,9,11,14H,8H2,1-4H3,(H,18,20). The number of likely N-dealkylation sites (N-methyl/N-ethyl adjacent to an activating group) is 1. The van der Waals surface area contributed by atoms with Crippen LogP contribution in [0.25, 0.3) is 0 Å². The van der Waals surface area contributed by atoms with Crippen LogP contribution in [0.2, 0.25) is 0 Å². The summed E-state index contributed by atoms with van der Waals surface area (Å²) in [6, 6.07) is 7.86. The van der Waals surface area contributed by atoms with Gasteiger partial charge in [0.05, 0.1) is 11.6 Å². The van der Waals surface area contributed by atoms with Gasteiger partial charge in [-0.15, -0.1) is 0 Å². The Bertz CT molecular complexity index is 559. The molecule has 1 aromatic rings. The summed E-state index contributed by atoms with van der Waals surface area (Å²) in [5, 5.41) is 11.6. The van der Waals surface area contributed by atoms with Crippen molar-refractivity contribution in [2.45, 2.75) is 26.3 Å². The molecule has 1 N–H and O–H groups in total. The second-order valence-corrected chi connectivity index (χ2v) is 5.58. The molecule has 0 bridgehead atoms. The molecular weight excluding hydrogens is 266 g/mol. The summed E-state index contributed by atoms with van der Waals surface area (Å²) in [6.07, 6.45) is 0.570. The lowest BCUT2D eigenvalue weighted by molar-refractivity contribution is -0.131. The molecule has 0 saturated heterocycles. The minimum absolute atomic E-state index is 0.131. The molecule has 21 heavy (non-hydrogen) atoms. The van der Waals surface area contributed by atoms with Gasteiger partial charge in [-0.2, -0.15) is 5.26 Å². The number of benzene rings is 1. The van der Waals surface area contributed by atoms with Gasteiger partial charge >= 0.3 is 0 Å². The van der Waals surface area contributed by atoms with Crippen LogP contribution < -0.4 is 5.32 Å². The number of nitriles is 1. The third kappa shape index (κ3) is 4.92. The molecule has 0 aromatic heterocycles. The summed E-state index contributed by atoms with van der Waals surface area (Å²) in [7, 11) is 3.33. The minimum Gasteiger partial charge on any atom is -0.347 e. The summed E-state index contributed by atoms with van der Waals surface area (Å²) in [4.78, 5) is 25.8. The zero-order valence-electron chi connectivity index (χ0n) is 12.9. The van der Waals surface area contributed by atoms with Crippen LogP contribution in [-0.2, 0) is 4.79 Å². The van der Waals surface area contributed by atoms with Crippen molar-refractivity contribution in [2.24, 2.45) is 5.92 Å². The Balaban J connectivity index is 2.89. The maximum absolute atomic E-state index is 12.2. The molecule has 1 atom stereocenters. The van der Waals surface area contributed by atoms with E-state index in [1.807, 2.05) is 19.9 Å². The number of nitrogens with one attached hydrogen (secondary N) is 1. The molecule has 0 spiro atoms. The molecule has 1 unspecified atom stereocenters. The molecule has 5 heteroatoms. The third-order valence-corrected chi connectivity index (χ3v) is 3.01. The normalized spacial score (nSPS) is 11.6. The Morgan fingerprint density at radius 1 is 1.33 bits per heavy atom. The highest BCUT2D eigenvalue weighted by molar-refractivity contribution is 5.97. The zero-order valence-corrected chi connectivity index (χ0v) is 12.9. The average Bonchev–Trinajstić information content (AvgIpc) is 2.45. The summed E-state index contributed by atoms with van der Waals surface area (Å²) in [5.74, 6) is -0.189. The SMILES string of the molecule is CC(C)CC(NC(=O)c1cccc(C#N)c1)C(=O)N(C)C. The molecule has 0 fully saturated rings. The number of carbonyl (C=O) groups is 2. The third-order valence-electron chi connectivity index (χ3n) is 3.01. The van der Waals surface area contributed by atoms with Crippen LogP contribution in [0.3, 0.4) is 0 Å². The van der Waals surface area contributed by atoms with Crippen LogP contribution in [0.15, 0.2) is 24.3 Å². The van der Waals surface area contributed by atoms with Crippen molar-refractivity contribution in [3.63, 3.8) is 0 Å². The van der Waals surface area contributed by atoms with E-state index in [0.717, 1.165) is 0 Å². The highest BCUT2D eigenvalue weighted by Crippen LogP contribution is 2.09. The quantitative estimate of drug-likeness (QED) is 0.897. The van der Waals surface area contributed by atoms with Gasteiger partial charge in [-0.3, -0.25) is 9.59 Å². The fourth-order valence-electron chi connectivity index (χ4n) is 1.98. The van der Waals surface area contributed by atoms with Gasteiger partial charge < -0.3 is 10.2 Å².